The number of nitrogens with two attached hydrogens (primary N) is 1. The predicted molar refractivity (Wildman–Crippen MR) is 408 cm³/mol. The van der Waals surface area contributed by atoms with Crippen LogP contribution in [0.15, 0.2) is 84.3 Å². The number of Topliss-reactive ketones (excluding diaryl/α,β-unsaturated/α-hetero) is 3. The van der Waals surface area contributed by atoms with Crippen molar-refractivity contribution in [3.8, 4) is 11.8 Å². The maximum Gasteiger partial charge on any atom is 0.312 e. The molecule has 6 N–H and O–H groups in total. The third-order valence-electron chi connectivity index (χ3n) is 19.7. The van der Waals surface area contributed by atoms with E-state index >= 15 is 0 Å². The second-order valence-electron chi connectivity index (χ2n) is 28.9. The number of hydrogen-bond donors (Lipinski definition) is 5. The summed E-state index contributed by atoms with van der Waals surface area (Å²) in [5, 5.41) is 11.9. The first-order valence-corrected chi connectivity index (χ1v) is 38.4. The Labute approximate surface area is 623 Å². The first-order valence-electron chi connectivity index (χ1n) is 37.1. The van der Waals surface area contributed by atoms with Crippen LogP contribution < -0.4 is 27.0 Å². The van der Waals surface area contributed by atoms with Crippen molar-refractivity contribution < 1.29 is 62.1 Å². The van der Waals surface area contributed by atoms with Gasteiger partial charge in [-0.3, -0.25) is 38.4 Å². The maximum absolute atomic E-state index is 14.7. The number of ketones is 3. The second-order valence-corrected chi connectivity index (χ2v) is 29.7. The quantitative estimate of drug-likeness (QED) is 0.0115. The van der Waals surface area contributed by atoms with Crippen molar-refractivity contribution in [1.82, 2.24) is 40.6 Å². The number of nitrogens with zero attached hydrogens (tertiary/aromatic N) is 5. The molecule has 1 aliphatic rings. The van der Waals surface area contributed by atoms with Gasteiger partial charge in [0.15, 0.2) is 10.9 Å². The predicted octanol–water partition coefficient (Wildman–Crippen LogP) is 10.1. The Bertz CT molecular complexity index is 3240. The Morgan fingerprint density at radius 2 is 1.41 bits per heavy atom. The Morgan fingerprint density at radius 1 is 0.750 bits per heavy atom. The van der Waals surface area contributed by atoms with E-state index < -0.39 is 65.9 Å². The van der Waals surface area contributed by atoms with Crippen LogP contribution in [0.5, 0.6) is 0 Å². The molecule has 0 unspecified atom stereocenters. The molecule has 1 fully saturated rings. The van der Waals surface area contributed by atoms with Gasteiger partial charge in [-0.25, -0.2) is 14.8 Å². The van der Waals surface area contributed by atoms with Gasteiger partial charge < -0.3 is 60.6 Å². The smallest absolute Gasteiger partial charge is 0.312 e. The zero-order valence-corrected chi connectivity index (χ0v) is 65.5. The first kappa shape index (κ1) is 89.0. The third-order valence-corrected chi connectivity index (χ3v) is 20.3. The van der Waals surface area contributed by atoms with Crippen molar-refractivity contribution in [3.05, 3.63) is 95.8 Å². The van der Waals surface area contributed by atoms with E-state index in [4.69, 9.17) is 24.7 Å². The average Bonchev–Trinajstić information content (AvgIpc) is 1.44. The molecule has 2 aromatic carbocycles. The van der Waals surface area contributed by atoms with Crippen molar-refractivity contribution >= 4 is 70.4 Å². The van der Waals surface area contributed by atoms with Gasteiger partial charge in [0.25, 0.3) is 0 Å². The van der Waals surface area contributed by atoms with E-state index in [-0.39, 0.29) is 130 Å². The van der Waals surface area contributed by atoms with E-state index in [1.54, 1.807) is 71.6 Å². The standard InChI is InChI=1S/C80H122N10O13S/c1-17-55(8)74(89(13)78(98)65(52(2)3)43-56(9)73(54(6)7)88(11)12)69(100-14)47-71(95)90-39-25-33-66(90)75(101-15)57(10)67(92)46-62(44-58-27-20-18-21-28-58)76(96)83-48-59-34-36-63(37-35-59)86-77(97)61(30-24-38-82-79(81)99)45-68(93)72(53(4)5)87-70(94)51-103-42-41-102-40-26-32-64(91)31-23-19-22-29-60-49-84-80(104-16)85-50-60/h18,20-21,27-28,34-37,49-50,52-55,57,61-62,65-66,69,72-75H,9,17,19,23-26,30-33,38-48,51H2,1-8,10-16H3,(H,83,96)(H,86,97)(H,87,94)(H3,81,82,99)/t55-,57-,61+,62+,65-,66-,69+,72-,73-,74-,75+/m0/s1. The topological polar surface area (TPSA) is 300 Å². The molecule has 0 aliphatic carbocycles. The van der Waals surface area contributed by atoms with Gasteiger partial charge in [0.05, 0.1) is 55.5 Å². The molecule has 0 radical (unpaired) electrons. The molecular weight excluding hydrogens is 1340 g/mol. The Hall–Kier alpha value is -7.40. The van der Waals surface area contributed by atoms with Crippen LogP contribution >= 0.6 is 11.8 Å². The number of urea groups is 1. The van der Waals surface area contributed by atoms with Gasteiger partial charge in [-0.15, -0.1) is 0 Å². The number of ether oxygens (including phenoxy) is 4. The molecule has 11 atom stereocenters. The van der Waals surface area contributed by atoms with Gasteiger partial charge in [0.1, 0.15) is 18.2 Å². The normalized spacial score (nSPS) is 15.9. The van der Waals surface area contributed by atoms with Gasteiger partial charge in [-0.1, -0.05) is 147 Å². The SMILES string of the molecule is C=C(C[C@H](C(=O)N(C)[C@@H]([C@@H](C)CC)[C@@H](CC(=O)N1CCC[C@H]1[C@H](OC)[C@@H](C)C(=O)C[C@@H](Cc1ccccc1)C(=O)NCc1ccc(NC(=O)[C@H](CCCNC(N)=O)CC(=O)[C@@H](NC(=O)COCCOCCCC(=O)CCCC#Cc2cnc(SC)nc2)C(C)C)cc1)OC)C(C)C)[C@H](C(C)C)N(C)C. The van der Waals surface area contributed by atoms with E-state index in [0.717, 1.165) is 23.1 Å². The molecule has 0 spiro atoms. The lowest BCUT2D eigenvalue weighted by molar-refractivity contribution is -0.148. The van der Waals surface area contributed by atoms with Crippen LogP contribution in [-0.2, 0) is 70.3 Å². The largest absolute Gasteiger partial charge is 0.379 e. The molecule has 23 nitrogen and oxygen atoms in total. The van der Waals surface area contributed by atoms with Gasteiger partial charge in [0.2, 0.25) is 29.5 Å². The summed E-state index contributed by atoms with van der Waals surface area (Å²) in [5.41, 5.74) is 9.07. The third kappa shape index (κ3) is 30.2. The number of carbonyl (C=O) groups excluding carboxylic acids is 9. The summed E-state index contributed by atoms with van der Waals surface area (Å²) < 4.78 is 23.5. The zero-order valence-electron chi connectivity index (χ0n) is 64.7. The summed E-state index contributed by atoms with van der Waals surface area (Å²) in [6, 6.07) is 14.0. The number of nitrogens with one attached hydrogen (secondary N) is 4. The highest BCUT2D eigenvalue weighted by Gasteiger charge is 2.44. The summed E-state index contributed by atoms with van der Waals surface area (Å²) >= 11 is 1.46. The minimum Gasteiger partial charge on any atom is -0.379 e. The van der Waals surface area contributed by atoms with Crippen molar-refractivity contribution in [3.63, 3.8) is 0 Å². The second kappa shape index (κ2) is 47.2. The van der Waals surface area contributed by atoms with Crippen molar-refractivity contribution in [2.75, 3.05) is 86.5 Å². The van der Waals surface area contributed by atoms with Crippen LogP contribution in [0.25, 0.3) is 0 Å². The molecule has 1 aromatic heterocycles. The number of thioether (sulfide) groups is 1. The van der Waals surface area contributed by atoms with E-state index in [1.807, 2.05) is 67.5 Å². The summed E-state index contributed by atoms with van der Waals surface area (Å²) in [4.78, 5) is 138. The van der Waals surface area contributed by atoms with Gasteiger partial charge in [-0.05, 0) is 119 Å². The molecule has 0 saturated carbocycles. The number of methoxy groups -OCH3 is 2. The molecule has 104 heavy (non-hydrogen) atoms. The molecule has 2 heterocycles. The lowest BCUT2D eigenvalue weighted by atomic mass is 9.82. The monoisotopic (exact) mass is 1460 g/mol. The Kier molecular flexibility index (Phi) is 40.4. The number of likely N-dealkylation sites (N-methyl/N-ethyl adjacent to an activating group) is 2. The fourth-order valence-corrected chi connectivity index (χ4v) is 14.2. The van der Waals surface area contributed by atoms with Crippen LogP contribution in [0.2, 0.25) is 0 Å². The number of carbonyl (C=O) groups is 9. The van der Waals surface area contributed by atoms with Crippen LogP contribution in [-0.4, -0.2) is 195 Å². The number of anilines is 1. The van der Waals surface area contributed by atoms with E-state index in [9.17, 15) is 43.2 Å². The fourth-order valence-electron chi connectivity index (χ4n) is 13.9. The molecule has 4 rings (SSSR count). The van der Waals surface area contributed by atoms with Gasteiger partial charge in [0, 0.05) is 127 Å². The molecule has 1 aliphatic heterocycles. The van der Waals surface area contributed by atoms with E-state index in [2.05, 4.69) is 96.1 Å². The zero-order chi connectivity index (χ0) is 77.0. The first-order chi connectivity index (χ1) is 49.5. The number of aromatic nitrogens is 2. The van der Waals surface area contributed by atoms with Crippen molar-refractivity contribution in [2.24, 2.45) is 53.1 Å². The highest BCUT2D eigenvalue weighted by molar-refractivity contribution is 7.98. The summed E-state index contributed by atoms with van der Waals surface area (Å²) in [5.74, 6) is 1.59. The molecule has 24 heteroatoms. The number of unbranched alkanes of at least 4 members (excludes halogenated alkanes) is 1. The highest BCUT2D eigenvalue weighted by Crippen LogP contribution is 2.34. The Balaban J connectivity index is 1.34. The Morgan fingerprint density at radius 3 is 2.02 bits per heavy atom. The summed E-state index contributed by atoms with van der Waals surface area (Å²) in [6.45, 7) is 23.6. The highest BCUT2D eigenvalue weighted by atomic mass is 32.2. The average molecular weight is 1460 g/mol. The lowest BCUT2D eigenvalue weighted by Crippen LogP contribution is -2.54. The lowest BCUT2D eigenvalue weighted by Gasteiger charge is -2.41. The minimum atomic E-state index is -0.932. The van der Waals surface area contributed by atoms with Crippen LogP contribution in [0.1, 0.15) is 169 Å². The van der Waals surface area contributed by atoms with Crippen LogP contribution in [0, 0.1) is 59.2 Å². The van der Waals surface area contributed by atoms with Crippen LogP contribution in [0.4, 0.5) is 10.5 Å². The van der Waals surface area contributed by atoms with Gasteiger partial charge >= 0.3 is 6.03 Å². The number of hydrogen-bond acceptors (Lipinski definition) is 17. The van der Waals surface area contributed by atoms with E-state index in [0.29, 0.717) is 93.3 Å². The van der Waals surface area contributed by atoms with Crippen molar-refractivity contribution in [2.45, 2.75) is 207 Å². The molecule has 576 valence electrons. The molecule has 3 aromatic rings. The molecule has 7 amide bonds. The summed E-state index contributed by atoms with van der Waals surface area (Å²) in [6.07, 6.45) is 9.71. The summed E-state index contributed by atoms with van der Waals surface area (Å²) in [7, 11) is 9.06. The number of benzene rings is 2. The van der Waals surface area contributed by atoms with E-state index in [1.165, 1.54) is 11.8 Å². The number of amides is 7. The van der Waals surface area contributed by atoms with Crippen LogP contribution in [0.3, 0.4) is 0 Å². The number of likely N-dealkylation sites (tertiary alicyclic amines) is 1. The molecular formula is C80H122N10O13S. The number of rotatable bonds is 49. The molecule has 1 saturated heterocycles. The van der Waals surface area contributed by atoms with Crippen molar-refractivity contribution in [1.29, 1.82) is 0 Å². The number of primary amides is 1. The maximum atomic E-state index is 14.7. The molecule has 0 bridgehead atoms. The minimum absolute atomic E-state index is 0.00401. The van der Waals surface area contributed by atoms with Gasteiger partial charge in [-0.2, -0.15) is 0 Å². The fraction of sp³-hybridized carbons (Fsp3) is 0.637.